The first-order valence-corrected chi connectivity index (χ1v) is 12.7. The number of carbonyl (C=O) groups excluding carboxylic acids is 1. The molecule has 0 saturated heterocycles. The predicted octanol–water partition coefficient (Wildman–Crippen LogP) is 5.14. The summed E-state index contributed by atoms with van der Waals surface area (Å²) in [6, 6.07) is 9.04. The highest BCUT2D eigenvalue weighted by atomic mass is 28.4. The third-order valence-electron chi connectivity index (χ3n) is 5.50. The normalized spacial score (nSPS) is 24.6. The largest absolute Gasteiger partial charge is 0.456 e. The Morgan fingerprint density at radius 2 is 1.79 bits per heavy atom. The second kappa shape index (κ2) is 9.58. The molecule has 4 atom stereocenters. The summed E-state index contributed by atoms with van der Waals surface area (Å²) in [5, 5.41) is 3.99. The minimum absolute atomic E-state index is 0.00509. The first-order valence-electron chi connectivity index (χ1n) is 9.78. The van der Waals surface area contributed by atoms with Crippen LogP contribution in [0.4, 0.5) is 0 Å². The van der Waals surface area contributed by atoms with Crippen molar-refractivity contribution < 1.29 is 18.7 Å². The highest BCUT2D eigenvalue weighted by molar-refractivity contribution is 6.74. The van der Waals surface area contributed by atoms with Crippen LogP contribution in [0.2, 0.25) is 18.1 Å². The van der Waals surface area contributed by atoms with E-state index in [2.05, 4.69) is 43.9 Å². The summed E-state index contributed by atoms with van der Waals surface area (Å²) in [5.74, 6) is -0.420. The standard InChI is InChI=1S/C21H31N3O4Si/c1-15(25)27-18-13-12-17(28-29(5,6)21(2,3)4)19(23-24-22)20(18)26-14-16-10-8-7-9-11-16/h7-13,17-20H,14H2,1-6H3/t17-,18-,19-,20+/m1/s1. The second-order valence-corrected chi connectivity index (χ2v) is 13.5. The van der Waals surface area contributed by atoms with Gasteiger partial charge >= 0.3 is 5.97 Å². The predicted molar refractivity (Wildman–Crippen MR) is 115 cm³/mol. The lowest BCUT2D eigenvalue weighted by atomic mass is 9.94. The fourth-order valence-electron chi connectivity index (χ4n) is 2.90. The lowest BCUT2D eigenvalue weighted by molar-refractivity contribution is -0.154. The molecule has 0 amide bonds. The number of ether oxygens (including phenoxy) is 2. The van der Waals surface area contributed by atoms with Gasteiger partial charge in [-0.15, -0.1) is 0 Å². The van der Waals surface area contributed by atoms with Crippen LogP contribution in [0.5, 0.6) is 0 Å². The molecule has 0 N–H and O–H groups in total. The van der Waals surface area contributed by atoms with Gasteiger partial charge in [-0.1, -0.05) is 62.3 Å². The van der Waals surface area contributed by atoms with E-state index in [0.29, 0.717) is 6.61 Å². The highest BCUT2D eigenvalue weighted by Crippen LogP contribution is 2.39. The molecule has 158 valence electrons. The molecule has 0 heterocycles. The summed E-state index contributed by atoms with van der Waals surface area (Å²) in [6.07, 6.45) is 1.87. The molecule has 0 radical (unpaired) electrons. The Morgan fingerprint density at radius 3 is 2.34 bits per heavy atom. The van der Waals surface area contributed by atoms with Crippen molar-refractivity contribution >= 4 is 14.3 Å². The molecule has 0 unspecified atom stereocenters. The zero-order valence-electron chi connectivity index (χ0n) is 18.0. The molecule has 0 spiro atoms. The zero-order valence-corrected chi connectivity index (χ0v) is 19.0. The van der Waals surface area contributed by atoms with E-state index in [1.54, 1.807) is 6.08 Å². The summed E-state index contributed by atoms with van der Waals surface area (Å²) in [7, 11) is -2.13. The van der Waals surface area contributed by atoms with Crippen LogP contribution in [0.1, 0.15) is 33.3 Å². The van der Waals surface area contributed by atoms with Crippen LogP contribution in [0.25, 0.3) is 10.4 Å². The molecule has 7 nitrogen and oxygen atoms in total. The third kappa shape index (κ3) is 6.18. The number of rotatable bonds is 7. The fraction of sp³-hybridized carbons (Fsp3) is 0.571. The number of nitrogens with zero attached hydrogens (tertiary/aromatic N) is 3. The van der Waals surface area contributed by atoms with Gasteiger partial charge in [0.1, 0.15) is 12.2 Å². The van der Waals surface area contributed by atoms with Gasteiger partial charge < -0.3 is 13.9 Å². The third-order valence-corrected chi connectivity index (χ3v) is 9.97. The molecule has 0 fully saturated rings. The number of esters is 1. The Bertz CT molecular complexity index is 770. The SMILES string of the molecule is CC(=O)O[C@@H]1C=C[C@@H](O[Si](C)(C)C(C)(C)C)[C@@H](N=[N+]=[N-])[C@H]1OCc1ccccc1. The number of benzene rings is 1. The number of hydrogen-bond donors (Lipinski definition) is 0. The van der Waals surface area contributed by atoms with Gasteiger partial charge in [-0.2, -0.15) is 0 Å². The topological polar surface area (TPSA) is 93.5 Å². The summed E-state index contributed by atoms with van der Waals surface area (Å²) in [6.45, 7) is 12.4. The van der Waals surface area contributed by atoms with Crippen LogP contribution in [-0.4, -0.2) is 38.6 Å². The summed E-state index contributed by atoms with van der Waals surface area (Å²) in [5.41, 5.74) is 10.2. The molecule has 2 rings (SSSR count). The van der Waals surface area contributed by atoms with Gasteiger partial charge in [0.15, 0.2) is 8.32 Å². The van der Waals surface area contributed by atoms with Crippen molar-refractivity contribution in [3.05, 3.63) is 58.5 Å². The Hall–Kier alpha value is -2.12. The molecule has 0 saturated carbocycles. The first-order chi connectivity index (χ1) is 13.5. The maximum atomic E-state index is 11.6. The van der Waals surface area contributed by atoms with E-state index in [4.69, 9.17) is 13.9 Å². The van der Waals surface area contributed by atoms with E-state index < -0.39 is 38.6 Å². The first kappa shape index (κ1) is 23.2. The molecule has 1 aliphatic rings. The number of azide groups is 1. The van der Waals surface area contributed by atoms with Gasteiger partial charge in [-0.05, 0) is 35.3 Å². The Balaban J connectivity index is 2.31. The molecule has 8 heteroatoms. The number of carbonyl (C=O) groups is 1. The van der Waals surface area contributed by atoms with Crippen molar-refractivity contribution in [2.45, 2.75) is 76.8 Å². The Kier molecular flexibility index (Phi) is 7.65. The van der Waals surface area contributed by atoms with Gasteiger partial charge in [-0.3, -0.25) is 4.79 Å². The minimum Gasteiger partial charge on any atom is -0.456 e. The Labute approximate surface area is 173 Å². The summed E-state index contributed by atoms with van der Waals surface area (Å²) in [4.78, 5) is 14.6. The van der Waals surface area contributed by atoms with Crippen molar-refractivity contribution in [2.75, 3.05) is 0 Å². The molecule has 0 aromatic heterocycles. The molecule has 1 aromatic rings. The molecule has 29 heavy (non-hydrogen) atoms. The molecular weight excluding hydrogens is 386 g/mol. The monoisotopic (exact) mass is 417 g/mol. The van der Waals surface area contributed by atoms with Gasteiger partial charge in [0.05, 0.1) is 18.8 Å². The van der Waals surface area contributed by atoms with Crippen LogP contribution in [0, 0.1) is 0 Å². The van der Waals surface area contributed by atoms with Gasteiger partial charge in [0.2, 0.25) is 0 Å². The molecule has 0 bridgehead atoms. The van der Waals surface area contributed by atoms with Crippen LogP contribution in [-0.2, 0) is 25.3 Å². The lowest BCUT2D eigenvalue weighted by Gasteiger charge is -2.43. The Morgan fingerprint density at radius 1 is 1.17 bits per heavy atom. The maximum Gasteiger partial charge on any atom is 0.303 e. The van der Waals surface area contributed by atoms with Crippen molar-refractivity contribution in [3.8, 4) is 0 Å². The van der Waals surface area contributed by atoms with Crippen molar-refractivity contribution in [3.63, 3.8) is 0 Å². The van der Waals surface area contributed by atoms with E-state index in [-0.39, 0.29) is 5.04 Å². The van der Waals surface area contributed by atoms with Crippen molar-refractivity contribution in [2.24, 2.45) is 5.11 Å². The quantitative estimate of drug-likeness (QED) is 0.153. The van der Waals surface area contributed by atoms with Crippen LogP contribution >= 0.6 is 0 Å². The van der Waals surface area contributed by atoms with Crippen LogP contribution < -0.4 is 0 Å². The van der Waals surface area contributed by atoms with Gasteiger partial charge in [-0.25, -0.2) is 0 Å². The van der Waals surface area contributed by atoms with Crippen molar-refractivity contribution in [1.82, 2.24) is 0 Å². The van der Waals surface area contributed by atoms with E-state index in [0.717, 1.165) is 5.56 Å². The molecule has 0 aliphatic heterocycles. The summed E-state index contributed by atoms with van der Waals surface area (Å²) < 4.78 is 18.1. The fourth-order valence-corrected chi connectivity index (χ4v) is 4.15. The molecule has 1 aromatic carbocycles. The second-order valence-electron chi connectivity index (χ2n) is 8.76. The van der Waals surface area contributed by atoms with E-state index in [1.807, 2.05) is 36.4 Å². The zero-order chi connectivity index (χ0) is 21.7. The van der Waals surface area contributed by atoms with E-state index in [9.17, 15) is 10.3 Å². The number of hydrogen-bond acceptors (Lipinski definition) is 5. The maximum absolute atomic E-state index is 11.6. The van der Waals surface area contributed by atoms with Crippen molar-refractivity contribution in [1.29, 1.82) is 0 Å². The lowest BCUT2D eigenvalue weighted by Crippen LogP contribution is -2.53. The summed E-state index contributed by atoms with van der Waals surface area (Å²) >= 11 is 0. The smallest absolute Gasteiger partial charge is 0.303 e. The van der Waals surface area contributed by atoms with Gasteiger partial charge in [0.25, 0.3) is 0 Å². The van der Waals surface area contributed by atoms with E-state index >= 15 is 0 Å². The molecule has 1 aliphatic carbocycles. The average molecular weight is 418 g/mol. The minimum atomic E-state index is -2.13. The highest BCUT2D eigenvalue weighted by Gasteiger charge is 2.45. The van der Waals surface area contributed by atoms with Crippen LogP contribution in [0.15, 0.2) is 47.6 Å². The van der Waals surface area contributed by atoms with Gasteiger partial charge in [0, 0.05) is 11.8 Å². The van der Waals surface area contributed by atoms with Crippen LogP contribution in [0.3, 0.4) is 0 Å². The average Bonchev–Trinajstić information content (AvgIpc) is 2.62. The van der Waals surface area contributed by atoms with E-state index in [1.165, 1.54) is 6.92 Å². The molecular formula is C21H31N3O4Si.